The molecule has 0 fully saturated rings. The number of aliphatic imine (C=N–C) groups is 1. The SMILES string of the molecule is C=CNC(=NC)Nc1cc(C)no1. The molecule has 5 nitrogen and oxygen atoms in total. The lowest BCUT2D eigenvalue weighted by atomic mass is 10.5. The molecule has 1 aromatic rings. The average molecular weight is 180 g/mol. The summed E-state index contributed by atoms with van der Waals surface area (Å²) in [4.78, 5) is 3.92. The van der Waals surface area contributed by atoms with E-state index >= 15 is 0 Å². The van der Waals surface area contributed by atoms with Gasteiger partial charge in [-0.1, -0.05) is 11.7 Å². The van der Waals surface area contributed by atoms with Crippen LogP contribution in [0.1, 0.15) is 5.69 Å². The number of rotatable bonds is 2. The van der Waals surface area contributed by atoms with Crippen molar-refractivity contribution in [3.05, 3.63) is 24.5 Å². The summed E-state index contributed by atoms with van der Waals surface area (Å²) in [5.74, 6) is 1.11. The largest absolute Gasteiger partial charge is 0.338 e. The summed E-state index contributed by atoms with van der Waals surface area (Å²) in [6, 6.07) is 1.77. The molecule has 0 aromatic carbocycles. The van der Waals surface area contributed by atoms with Crippen LogP contribution in [0.15, 0.2) is 28.4 Å². The van der Waals surface area contributed by atoms with E-state index in [1.165, 1.54) is 6.20 Å². The number of nitrogens with one attached hydrogen (secondary N) is 2. The summed E-state index contributed by atoms with van der Waals surface area (Å²) in [6.45, 7) is 5.36. The van der Waals surface area contributed by atoms with Crippen LogP contribution >= 0.6 is 0 Å². The highest BCUT2D eigenvalue weighted by molar-refractivity contribution is 5.92. The van der Waals surface area contributed by atoms with Gasteiger partial charge in [0.2, 0.25) is 11.8 Å². The molecule has 70 valence electrons. The lowest BCUT2D eigenvalue weighted by Gasteiger charge is -2.03. The first-order chi connectivity index (χ1) is 6.26. The summed E-state index contributed by atoms with van der Waals surface area (Å²) in [5, 5.41) is 9.41. The average Bonchev–Trinajstić information content (AvgIpc) is 2.50. The molecule has 0 spiro atoms. The van der Waals surface area contributed by atoms with E-state index < -0.39 is 0 Å². The van der Waals surface area contributed by atoms with Gasteiger partial charge in [-0.25, -0.2) is 0 Å². The van der Waals surface area contributed by atoms with Gasteiger partial charge in [-0.3, -0.25) is 10.3 Å². The Balaban J connectivity index is 2.62. The molecule has 1 heterocycles. The zero-order valence-corrected chi connectivity index (χ0v) is 7.66. The summed E-state index contributed by atoms with van der Waals surface area (Å²) in [6.07, 6.45) is 1.53. The number of hydrogen-bond donors (Lipinski definition) is 2. The Morgan fingerprint density at radius 3 is 3.00 bits per heavy atom. The van der Waals surface area contributed by atoms with Crippen LogP contribution in [0.25, 0.3) is 0 Å². The fourth-order valence-electron chi connectivity index (χ4n) is 0.792. The molecule has 0 aliphatic carbocycles. The molecule has 0 saturated carbocycles. The molecule has 0 radical (unpaired) electrons. The molecule has 1 aromatic heterocycles. The van der Waals surface area contributed by atoms with Gasteiger partial charge in [0.1, 0.15) is 0 Å². The summed E-state index contributed by atoms with van der Waals surface area (Å²) in [7, 11) is 1.65. The van der Waals surface area contributed by atoms with Crippen molar-refractivity contribution in [3.8, 4) is 0 Å². The minimum Gasteiger partial charge on any atom is -0.338 e. The van der Waals surface area contributed by atoms with Gasteiger partial charge in [0.15, 0.2) is 0 Å². The monoisotopic (exact) mass is 180 g/mol. The normalized spacial score (nSPS) is 11.1. The molecular weight excluding hydrogens is 168 g/mol. The smallest absolute Gasteiger partial charge is 0.231 e. The van der Waals surface area contributed by atoms with Crippen molar-refractivity contribution < 1.29 is 4.52 Å². The van der Waals surface area contributed by atoms with Crippen LogP contribution in [0.3, 0.4) is 0 Å². The molecule has 0 atom stereocenters. The fraction of sp³-hybridized carbons (Fsp3) is 0.250. The zero-order valence-electron chi connectivity index (χ0n) is 7.66. The minimum absolute atomic E-state index is 0.549. The maximum atomic E-state index is 4.93. The van der Waals surface area contributed by atoms with Crippen LogP contribution in [0.2, 0.25) is 0 Å². The van der Waals surface area contributed by atoms with E-state index in [1.54, 1.807) is 13.1 Å². The van der Waals surface area contributed by atoms with Crippen LogP contribution in [0.5, 0.6) is 0 Å². The molecule has 0 amide bonds. The van der Waals surface area contributed by atoms with Crippen molar-refractivity contribution in [2.75, 3.05) is 12.4 Å². The lowest BCUT2D eigenvalue weighted by Crippen LogP contribution is -2.25. The first kappa shape index (κ1) is 9.31. The maximum absolute atomic E-state index is 4.93. The van der Waals surface area contributed by atoms with E-state index in [1.807, 2.05) is 6.92 Å². The molecule has 13 heavy (non-hydrogen) atoms. The van der Waals surface area contributed by atoms with Gasteiger partial charge in [-0.2, -0.15) is 0 Å². The van der Waals surface area contributed by atoms with Crippen molar-refractivity contribution >= 4 is 11.8 Å². The van der Waals surface area contributed by atoms with E-state index in [9.17, 15) is 0 Å². The number of aryl methyl sites for hydroxylation is 1. The van der Waals surface area contributed by atoms with Crippen LogP contribution in [0.4, 0.5) is 5.88 Å². The molecule has 0 saturated heterocycles. The molecule has 2 N–H and O–H groups in total. The third kappa shape index (κ3) is 2.62. The zero-order chi connectivity index (χ0) is 9.68. The Morgan fingerprint density at radius 2 is 2.54 bits per heavy atom. The number of aromatic nitrogens is 1. The summed E-state index contributed by atoms with van der Waals surface area (Å²) in [5.41, 5.74) is 0.816. The van der Waals surface area contributed by atoms with Gasteiger partial charge >= 0.3 is 0 Å². The number of hydrogen-bond acceptors (Lipinski definition) is 3. The van der Waals surface area contributed by atoms with E-state index in [4.69, 9.17) is 4.52 Å². The molecule has 0 unspecified atom stereocenters. The second kappa shape index (κ2) is 4.30. The second-order valence-electron chi connectivity index (χ2n) is 2.38. The standard InChI is InChI=1S/C8H12N4O/c1-4-10-8(9-3)11-7-5-6(2)12-13-7/h4-5H,1H2,2-3H3,(H2,9,10,11). The van der Waals surface area contributed by atoms with E-state index in [0.717, 1.165) is 5.69 Å². The van der Waals surface area contributed by atoms with Crippen LogP contribution < -0.4 is 10.6 Å². The van der Waals surface area contributed by atoms with Crippen LogP contribution in [-0.4, -0.2) is 18.2 Å². The predicted molar refractivity (Wildman–Crippen MR) is 51.6 cm³/mol. The van der Waals surface area contributed by atoms with Gasteiger partial charge in [-0.05, 0) is 13.1 Å². The number of anilines is 1. The fourth-order valence-corrected chi connectivity index (χ4v) is 0.792. The molecule has 0 bridgehead atoms. The van der Waals surface area contributed by atoms with Crippen molar-refractivity contribution in [2.24, 2.45) is 4.99 Å². The molecule has 5 heteroatoms. The van der Waals surface area contributed by atoms with Gasteiger partial charge < -0.3 is 9.84 Å². The quantitative estimate of drug-likeness (QED) is 0.528. The molecule has 0 aliphatic heterocycles. The van der Waals surface area contributed by atoms with E-state index in [0.29, 0.717) is 11.8 Å². The topological polar surface area (TPSA) is 62.5 Å². The molecule has 1 rings (SSSR count). The van der Waals surface area contributed by atoms with Gasteiger partial charge in [-0.15, -0.1) is 0 Å². The Labute approximate surface area is 76.5 Å². The third-order valence-corrected chi connectivity index (χ3v) is 1.33. The number of guanidine groups is 1. The van der Waals surface area contributed by atoms with Crippen LogP contribution in [-0.2, 0) is 0 Å². The Bertz CT molecular complexity index is 316. The van der Waals surface area contributed by atoms with Crippen molar-refractivity contribution in [3.63, 3.8) is 0 Å². The first-order valence-electron chi connectivity index (χ1n) is 3.81. The third-order valence-electron chi connectivity index (χ3n) is 1.33. The lowest BCUT2D eigenvalue weighted by molar-refractivity contribution is 0.430. The first-order valence-corrected chi connectivity index (χ1v) is 3.81. The van der Waals surface area contributed by atoms with Crippen molar-refractivity contribution in [1.29, 1.82) is 0 Å². The molecule has 0 aliphatic rings. The highest BCUT2D eigenvalue weighted by Gasteiger charge is 2.01. The Morgan fingerprint density at radius 1 is 1.77 bits per heavy atom. The van der Waals surface area contributed by atoms with Gasteiger partial charge in [0.05, 0.1) is 5.69 Å². The molecular formula is C8H12N4O. The highest BCUT2D eigenvalue weighted by atomic mass is 16.5. The highest BCUT2D eigenvalue weighted by Crippen LogP contribution is 2.07. The van der Waals surface area contributed by atoms with Crippen molar-refractivity contribution in [2.45, 2.75) is 6.92 Å². The Hall–Kier alpha value is -1.78. The van der Waals surface area contributed by atoms with Gasteiger partial charge in [0.25, 0.3) is 0 Å². The number of nitrogens with zero attached hydrogens (tertiary/aromatic N) is 2. The van der Waals surface area contributed by atoms with E-state index in [-0.39, 0.29) is 0 Å². The second-order valence-corrected chi connectivity index (χ2v) is 2.38. The van der Waals surface area contributed by atoms with E-state index in [2.05, 4.69) is 27.4 Å². The van der Waals surface area contributed by atoms with Crippen molar-refractivity contribution in [1.82, 2.24) is 10.5 Å². The summed E-state index contributed by atoms with van der Waals surface area (Å²) >= 11 is 0. The predicted octanol–water partition coefficient (Wildman–Crippen LogP) is 1.11. The maximum Gasteiger partial charge on any atom is 0.231 e. The Kier molecular flexibility index (Phi) is 3.08. The van der Waals surface area contributed by atoms with Gasteiger partial charge in [0, 0.05) is 13.1 Å². The summed E-state index contributed by atoms with van der Waals surface area (Å²) < 4.78 is 4.93. The minimum atomic E-state index is 0.549. The van der Waals surface area contributed by atoms with Crippen LogP contribution in [0, 0.1) is 6.92 Å².